The lowest BCUT2D eigenvalue weighted by Crippen LogP contribution is -2.52. The SMILES string of the molecule is Cc1cc(CN(C)C2=CC=C(C(=C3C(=O)NC(=O)NC3=O)c3ccccc3)C(C)C2)c(O)c(-n2nc3ccccc3n2)c1. The number of nitrogens with zero attached hydrogens (tertiary/aromatic N) is 4. The van der Waals surface area contributed by atoms with Gasteiger partial charge in [-0.05, 0) is 60.2 Å². The van der Waals surface area contributed by atoms with Crippen LogP contribution in [0.4, 0.5) is 4.79 Å². The second-order valence-electron chi connectivity index (χ2n) is 10.9. The van der Waals surface area contributed by atoms with Gasteiger partial charge in [0, 0.05) is 30.4 Å². The molecule has 4 amide bonds. The molecular formula is C33H30N6O4. The van der Waals surface area contributed by atoms with E-state index in [1.165, 1.54) is 4.80 Å². The molecule has 0 saturated carbocycles. The average molecular weight is 575 g/mol. The van der Waals surface area contributed by atoms with E-state index in [0.717, 1.165) is 33.4 Å². The van der Waals surface area contributed by atoms with Crippen LogP contribution in [0.3, 0.4) is 0 Å². The van der Waals surface area contributed by atoms with Gasteiger partial charge >= 0.3 is 6.03 Å². The molecule has 6 rings (SSSR count). The maximum absolute atomic E-state index is 12.9. The van der Waals surface area contributed by atoms with Crippen LogP contribution in [-0.2, 0) is 16.1 Å². The van der Waals surface area contributed by atoms with E-state index in [0.29, 0.717) is 29.8 Å². The zero-order chi connectivity index (χ0) is 30.2. The van der Waals surface area contributed by atoms with Crippen LogP contribution in [0.2, 0.25) is 0 Å². The van der Waals surface area contributed by atoms with Crippen molar-refractivity contribution in [2.75, 3.05) is 7.05 Å². The highest BCUT2D eigenvalue weighted by atomic mass is 16.3. The number of aromatic hydroxyl groups is 1. The molecule has 2 aliphatic rings. The molecule has 0 bridgehead atoms. The van der Waals surface area contributed by atoms with Crippen LogP contribution in [0, 0.1) is 12.8 Å². The van der Waals surface area contributed by atoms with Crippen molar-refractivity contribution < 1.29 is 19.5 Å². The monoisotopic (exact) mass is 574 g/mol. The maximum Gasteiger partial charge on any atom is 0.328 e. The number of hydrogen-bond acceptors (Lipinski definition) is 7. The van der Waals surface area contributed by atoms with Gasteiger partial charge in [0.05, 0.1) is 0 Å². The van der Waals surface area contributed by atoms with E-state index in [1.807, 2.05) is 99.8 Å². The Kier molecular flexibility index (Phi) is 7.11. The van der Waals surface area contributed by atoms with Gasteiger partial charge in [-0.25, -0.2) is 4.79 Å². The predicted molar refractivity (Wildman–Crippen MR) is 162 cm³/mol. The molecule has 1 aliphatic heterocycles. The molecule has 10 nitrogen and oxygen atoms in total. The minimum Gasteiger partial charge on any atom is -0.505 e. The molecule has 3 aromatic carbocycles. The number of allylic oxidation sites excluding steroid dienone is 5. The number of nitrogens with one attached hydrogen (secondary N) is 2. The molecule has 1 fully saturated rings. The van der Waals surface area contributed by atoms with Crippen molar-refractivity contribution in [1.82, 2.24) is 30.5 Å². The van der Waals surface area contributed by atoms with Gasteiger partial charge < -0.3 is 10.0 Å². The van der Waals surface area contributed by atoms with E-state index in [2.05, 4.69) is 25.7 Å². The highest BCUT2D eigenvalue weighted by Crippen LogP contribution is 2.39. The number of hydrogen-bond donors (Lipinski definition) is 3. The lowest BCUT2D eigenvalue weighted by atomic mass is 9.80. The average Bonchev–Trinajstić information content (AvgIpc) is 3.41. The van der Waals surface area contributed by atoms with Crippen LogP contribution < -0.4 is 10.6 Å². The van der Waals surface area contributed by atoms with Crippen molar-refractivity contribution in [2.45, 2.75) is 26.8 Å². The van der Waals surface area contributed by atoms with Gasteiger partial charge in [-0.15, -0.1) is 15.0 Å². The second kappa shape index (κ2) is 11.1. The Morgan fingerprint density at radius 3 is 2.21 bits per heavy atom. The highest BCUT2D eigenvalue weighted by Gasteiger charge is 2.34. The number of carbonyl (C=O) groups excluding carboxylic acids is 3. The van der Waals surface area contributed by atoms with E-state index in [-0.39, 0.29) is 17.2 Å². The Balaban J connectivity index is 1.33. The fourth-order valence-electron chi connectivity index (χ4n) is 5.64. The number of barbiturate groups is 1. The molecule has 3 N–H and O–H groups in total. The lowest BCUT2D eigenvalue weighted by Gasteiger charge is -2.31. The van der Waals surface area contributed by atoms with Gasteiger partial charge in [0.25, 0.3) is 11.8 Å². The van der Waals surface area contributed by atoms with Crippen LogP contribution >= 0.6 is 0 Å². The van der Waals surface area contributed by atoms with Gasteiger partial charge in [-0.3, -0.25) is 20.2 Å². The molecule has 0 radical (unpaired) electrons. The molecule has 1 aromatic heterocycles. The van der Waals surface area contributed by atoms with E-state index in [9.17, 15) is 19.5 Å². The normalized spacial score (nSPS) is 16.9. The summed E-state index contributed by atoms with van der Waals surface area (Å²) < 4.78 is 0. The van der Waals surface area contributed by atoms with Gasteiger partial charge in [0.2, 0.25) is 0 Å². The topological polar surface area (TPSA) is 129 Å². The largest absolute Gasteiger partial charge is 0.505 e. The van der Waals surface area contributed by atoms with Crippen molar-refractivity contribution >= 4 is 34.5 Å². The summed E-state index contributed by atoms with van der Waals surface area (Å²) in [6.07, 6.45) is 4.52. The molecule has 1 unspecified atom stereocenters. The number of phenols is 1. The number of benzene rings is 3. The Bertz CT molecular complexity index is 1830. The Labute approximate surface area is 248 Å². The van der Waals surface area contributed by atoms with Crippen LogP contribution in [0.1, 0.15) is 30.0 Å². The van der Waals surface area contributed by atoms with Gasteiger partial charge in [-0.1, -0.05) is 61.5 Å². The Morgan fingerprint density at radius 2 is 1.58 bits per heavy atom. The second-order valence-corrected chi connectivity index (χ2v) is 10.9. The summed E-state index contributed by atoms with van der Waals surface area (Å²) in [5, 5.41) is 24.8. The summed E-state index contributed by atoms with van der Waals surface area (Å²) in [5.41, 5.74) is 6.63. The van der Waals surface area contributed by atoms with Crippen LogP contribution in [-0.4, -0.2) is 49.9 Å². The van der Waals surface area contributed by atoms with Crippen molar-refractivity contribution in [3.8, 4) is 11.4 Å². The first-order valence-corrected chi connectivity index (χ1v) is 13.9. The zero-order valence-corrected chi connectivity index (χ0v) is 24.0. The van der Waals surface area contributed by atoms with Gasteiger partial charge in [0.1, 0.15) is 28.0 Å². The Morgan fingerprint density at radius 1 is 0.953 bits per heavy atom. The quantitative estimate of drug-likeness (QED) is 0.228. The molecule has 1 aliphatic carbocycles. The summed E-state index contributed by atoms with van der Waals surface area (Å²) >= 11 is 0. The third-order valence-corrected chi connectivity index (χ3v) is 7.72. The summed E-state index contributed by atoms with van der Waals surface area (Å²) in [5.74, 6) is -1.40. The lowest BCUT2D eigenvalue weighted by molar-refractivity contribution is -0.123. The molecule has 0 spiro atoms. The van der Waals surface area contributed by atoms with Crippen LogP contribution in [0.15, 0.2) is 95.7 Å². The summed E-state index contributed by atoms with van der Waals surface area (Å²) in [7, 11) is 1.96. The number of aryl methyl sites for hydroxylation is 1. The van der Waals surface area contributed by atoms with Gasteiger partial charge in [-0.2, -0.15) is 0 Å². The fraction of sp³-hybridized carbons (Fsp3) is 0.182. The molecule has 43 heavy (non-hydrogen) atoms. The van der Waals surface area contributed by atoms with Crippen molar-refractivity contribution in [3.05, 3.63) is 112 Å². The van der Waals surface area contributed by atoms with E-state index in [4.69, 9.17) is 0 Å². The third kappa shape index (κ3) is 5.30. The smallest absolute Gasteiger partial charge is 0.328 e. The van der Waals surface area contributed by atoms with Crippen LogP contribution in [0.25, 0.3) is 22.3 Å². The van der Waals surface area contributed by atoms with Crippen LogP contribution in [0.5, 0.6) is 5.75 Å². The van der Waals surface area contributed by atoms with E-state index < -0.39 is 17.8 Å². The number of urea groups is 1. The van der Waals surface area contributed by atoms with E-state index >= 15 is 0 Å². The van der Waals surface area contributed by atoms with Crippen molar-refractivity contribution in [1.29, 1.82) is 0 Å². The Hall–Kier alpha value is -5.51. The number of aromatic nitrogens is 3. The molecule has 1 saturated heterocycles. The molecule has 216 valence electrons. The molecule has 1 atom stereocenters. The number of amides is 4. The molecule has 2 heterocycles. The highest BCUT2D eigenvalue weighted by molar-refractivity contribution is 6.33. The van der Waals surface area contributed by atoms with Gasteiger partial charge in [0.15, 0.2) is 0 Å². The third-order valence-electron chi connectivity index (χ3n) is 7.72. The first-order chi connectivity index (χ1) is 20.7. The zero-order valence-electron chi connectivity index (χ0n) is 24.0. The minimum absolute atomic E-state index is 0.0641. The summed E-state index contributed by atoms with van der Waals surface area (Å²) in [6, 6.07) is 19.8. The minimum atomic E-state index is -0.834. The first kappa shape index (κ1) is 27.6. The van der Waals surface area contributed by atoms with Crippen molar-refractivity contribution in [2.24, 2.45) is 5.92 Å². The molecule has 10 heteroatoms. The molecular weight excluding hydrogens is 544 g/mol. The predicted octanol–water partition coefficient (Wildman–Crippen LogP) is 4.54. The van der Waals surface area contributed by atoms with Crippen molar-refractivity contribution in [3.63, 3.8) is 0 Å². The van der Waals surface area contributed by atoms with E-state index in [1.54, 1.807) is 0 Å². The first-order valence-electron chi connectivity index (χ1n) is 13.9. The standard InChI is InChI=1S/C33H30N6O4/c1-19-15-22(30(40)27(16-19)39-36-25-11-7-8-12-26(25)37-39)18-38(3)23-13-14-24(20(2)17-23)28(21-9-5-4-6-10-21)29-31(41)34-33(43)35-32(29)42/h4-16,20,40H,17-18H2,1-3H3,(H2,34,35,41,42,43). The fourth-order valence-corrected chi connectivity index (χ4v) is 5.64. The summed E-state index contributed by atoms with van der Waals surface area (Å²) in [4.78, 5) is 41.0. The number of phenolic OH excluding ortho intramolecular Hbond substituents is 1. The number of imide groups is 2. The number of rotatable bonds is 6. The maximum atomic E-state index is 12.9. The number of carbonyl (C=O) groups is 3. The molecule has 4 aromatic rings. The number of fused-ring (bicyclic) bond motifs is 1. The summed E-state index contributed by atoms with van der Waals surface area (Å²) in [6.45, 7) is 4.44.